The molecule has 2 nitrogen and oxygen atoms in total. The van der Waals surface area contributed by atoms with Crippen LogP contribution < -0.4 is 5.32 Å². The van der Waals surface area contributed by atoms with Crippen LogP contribution in [0.4, 0.5) is 0 Å². The van der Waals surface area contributed by atoms with E-state index in [1.807, 2.05) is 11.3 Å². The molecule has 0 unspecified atom stereocenters. The lowest BCUT2D eigenvalue weighted by atomic mass is 10.3. The highest BCUT2D eigenvalue weighted by Gasteiger charge is 2.26. The molecule has 0 saturated heterocycles. The van der Waals surface area contributed by atoms with Gasteiger partial charge in [0.2, 0.25) is 0 Å². The van der Waals surface area contributed by atoms with E-state index >= 15 is 0 Å². The van der Waals surface area contributed by atoms with E-state index < -0.39 is 0 Å². The molecule has 1 aliphatic rings. The quantitative estimate of drug-likeness (QED) is 0.730. The third kappa shape index (κ3) is 2.79. The van der Waals surface area contributed by atoms with Gasteiger partial charge < -0.3 is 5.32 Å². The topological polar surface area (TPSA) is 24.9 Å². The molecule has 1 N–H and O–H groups in total. The van der Waals surface area contributed by atoms with Gasteiger partial charge in [-0.15, -0.1) is 11.3 Å². The number of hydrogen-bond donors (Lipinski definition) is 1. The van der Waals surface area contributed by atoms with Gasteiger partial charge in [-0.3, -0.25) is 0 Å². The molecule has 0 aromatic carbocycles. The Bertz CT molecular complexity index is 279. The summed E-state index contributed by atoms with van der Waals surface area (Å²) in [6, 6.07) is 0. The molecule has 1 aliphatic carbocycles. The molecule has 1 aromatic heterocycles. The van der Waals surface area contributed by atoms with Gasteiger partial charge in [0.05, 0.1) is 10.7 Å². The number of aromatic nitrogens is 1. The first-order valence-electron chi connectivity index (χ1n) is 5.55. The predicted octanol–water partition coefficient (Wildman–Crippen LogP) is 2.91. The number of nitrogens with zero attached hydrogens (tertiary/aromatic N) is 1. The highest BCUT2D eigenvalue weighted by Crippen LogP contribution is 2.41. The van der Waals surface area contributed by atoms with Gasteiger partial charge in [-0.25, -0.2) is 4.98 Å². The van der Waals surface area contributed by atoms with Crippen LogP contribution in [0.25, 0.3) is 0 Å². The van der Waals surface area contributed by atoms with Crippen LogP contribution in [0.15, 0.2) is 5.38 Å². The van der Waals surface area contributed by atoms with E-state index in [0.717, 1.165) is 19.0 Å². The first kappa shape index (κ1) is 10.1. The lowest BCUT2D eigenvalue weighted by molar-refractivity contribution is 0.634. The molecule has 0 amide bonds. The molecule has 0 aliphatic heterocycles. The Hall–Kier alpha value is -0.410. The summed E-state index contributed by atoms with van der Waals surface area (Å²) >= 11 is 1.83. The average molecular weight is 210 g/mol. The molecule has 2 rings (SSSR count). The molecular weight excluding hydrogens is 192 g/mol. The standard InChI is InChI=1S/C11H18N2S/c1-2-3-6-12-7-10-8-14-11(13-10)9-4-5-9/h8-9,12H,2-7H2,1H3. The summed E-state index contributed by atoms with van der Waals surface area (Å²) in [5.74, 6) is 0.810. The zero-order valence-electron chi connectivity index (χ0n) is 8.75. The molecule has 78 valence electrons. The van der Waals surface area contributed by atoms with E-state index in [1.54, 1.807) is 0 Å². The Morgan fingerprint density at radius 3 is 3.14 bits per heavy atom. The van der Waals surface area contributed by atoms with E-state index in [4.69, 9.17) is 0 Å². The van der Waals surface area contributed by atoms with Crippen LogP contribution in [0.5, 0.6) is 0 Å². The molecule has 1 aromatic rings. The second kappa shape index (κ2) is 4.89. The molecular formula is C11H18N2S. The van der Waals surface area contributed by atoms with Crippen molar-refractivity contribution in [1.82, 2.24) is 10.3 Å². The molecule has 0 spiro atoms. The maximum absolute atomic E-state index is 4.63. The maximum Gasteiger partial charge on any atom is 0.0959 e. The van der Waals surface area contributed by atoms with Gasteiger partial charge in [-0.05, 0) is 25.8 Å². The Morgan fingerprint density at radius 2 is 2.43 bits per heavy atom. The summed E-state index contributed by atoms with van der Waals surface area (Å²) in [5.41, 5.74) is 1.23. The number of thiazole rings is 1. The summed E-state index contributed by atoms with van der Waals surface area (Å²) < 4.78 is 0. The smallest absolute Gasteiger partial charge is 0.0959 e. The predicted molar refractivity (Wildman–Crippen MR) is 60.7 cm³/mol. The SMILES string of the molecule is CCCCNCc1csc(C2CC2)n1. The molecule has 1 fully saturated rings. The molecule has 14 heavy (non-hydrogen) atoms. The maximum atomic E-state index is 4.63. The lowest BCUT2D eigenvalue weighted by Crippen LogP contribution is -2.14. The summed E-state index contributed by atoms with van der Waals surface area (Å²) in [5, 5.41) is 6.98. The average Bonchev–Trinajstić information content (AvgIpc) is 2.94. The van der Waals surface area contributed by atoms with E-state index in [0.29, 0.717) is 0 Å². The van der Waals surface area contributed by atoms with E-state index in [2.05, 4.69) is 22.6 Å². The van der Waals surface area contributed by atoms with E-state index in [9.17, 15) is 0 Å². The monoisotopic (exact) mass is 210 g/mol. The third-order valence-corrected chi connectivity index (χ3v) is 3.57. The molecule has 0 bridgehead atoms. The highest BCUT2D eigenvalue weighted by molar-refractivity contribution is 7.09. The van der Waals surface area contributed by atoms with Crippen LogP contribution in [-0.2, 0) is 6.54 Å². The second-order valence-electron chi connectivity index (χ2n) is 3.98. The Labute approximate surface area is 89.8 Å². The van der Waals surface area contributed by atoms with Gasteiger partial charge >= 0.3 is 0 Å². The summed E-state index contributed by atoms with van der Waals surface area (Å²) in [6.07, 6.45) is 5.24. The van der Waals surface area contributed by atoms with Crippen molar-refractivity contribution >= 4 is 11.3 Å². The fraction of sp³-hybridized carbons (Fsp3) is 0.727. The van der Waals surface area contributed by atoms with Gasteiger partial charge in [0.1, 0.15) is 0 Å². The van der Waals surface area contributed by atoms with Gasteiger partial charge in [-0.1, -0.05) is 13.3 Å². The molecule has 1 heterocycles. The molecule has 0 radical (unpaired) electrons. The van der Waals surface area contributed by atoms with Crippen LogP contribution in [-0.4, -0.2) is 11.5 Å². The zero-order chi connectivity index (χ0) is 9.80. The highest BCUT2D eigenvalue weighted by atomic mass is 32.1. The minimum Gasteiger partial charge on any atom is -0.311 e. The molecule has 0 atom stereocenters. The fourth-order valence-corrected chi connectivity index (χ4v) is 2.43. The Morgan fingerprint density at radius 1 is 1.57 bits per heavy atom. The van der Waals surface area contributed by atoms with Crippen molar-refractivity contribution in [3.63, 3.8) is 0 Å². The summed E-state index contributed by atoms with van der Waals surface area (Å²) in [4.78, 5) is 4.63. The van der Waals surface area contributed by atoms with Crippen molar-refractivity contribution in [1.29, 1.82) is 0 Å². The van der Waals surface area contributed by atoms with Crippen molar-refractivity contribution in [2.45, 2.75) is 45.1 Å². The van der Waals surface area contributed by atoms with Crippen LogP contribution >= 0.6 is 11.3 Å². The van der Waals surface area contributed by atoms with Crippen LogP contribution in [0.3, 0.4) is 0 Å². The number of hydrogen-bond acceptors (Lipinski definition) is 3. The summed E-state index contributed by atoms with van der Waals surface area (Å²) in [6.45, 7) is 4.28. The minimum atomic E-state index is 0.810. The van der Waals surface area contributed by atoms with Gasteiger partial charge in [0, 0.05) is 17.8 Å². The van der Waals surface area contributed by atoms with Crippen molar-refractivity contribution in [2.24, 2.45) is 0 Å². The van der Waals surface area contributed by atoms with Gasteiger partial charge in [0.25, 0.3) is 0 Å². The number of nitrogens with one attached hydrogen (secondary N) is 1. The van der Waals surface area contributed by atoms with Crippen molar-refractivity contribution in [3.8, 4) is 0 Å². The second-order valence-corrected chi connectivity index (χ2v) is 4.87. The van der Waals surface area contributed by atoms with Gasteiger partial charge in [-0.2, -0.15) is 0 Å². The zero-order valence-corrected chi connectivity index (χ0v) is 9.57. The Kier molecular flexibility index (Phi) is 3.54. The normalized spacial score (nSPS) is 16.1. The van der Waals surface area contributed by atoms with E-state index in [-0.39, 0.29) is 0 Å². The lowest BCUT2D eigenvalue weighted by Gasteiger charge is -1.99. The fourth-order valence-electron chi connectivity index (χ4n) is 1.44. The number of unbranched alkanes of at least 4 members (excludes halogenated alkanes) is 1. The van der Waals surface area contributed by atoms with Crippen molar-refractivity contribution < 1.29 is 0 Å². The summed E-state index contributed by atoms with van der Waals surface area (Å²) in [7, 11) is 0. The largest absolute Gasteiger partial charge is 0.311 e. The van der Waals surface area contributed by atoms with Crippen LogP contribution in [0.2, 0.25) is 0 Å². The molecule has 1 saturated carbocycles. The van der Waals surface area contributed by atoms with Crippen molar-refractivity contribution in [3.05, 3.63) is 16.1 Å². The van der Waals surface area contributed by atoms with Gasteiger partial charge in [0.15, 0.2) is 0 Å². The van der Waals surface area contributed by atoms with Crippen LogP contribution in [0, 0.1) is 0 Å². The third-order valence-electron chi connectivity index (χ3n) is 2.51. The molecule has 3 heteroatoms. The first-order valence-corrected chi connectivity index (χ1v) is 6.43. The minimum absolute atomic E-state index is 0.810. The first-order chi connectivity index (χ1) is 6.90. The van der Waals surface area contributed by atoms with Crippen LogP contribution in [0.1, 0.15) is 49.2 Å². The number of rotatable bonds is 6. The van der Waals surface area contributed by atoms with Crippen molar-refractivity contribution in [2.75, 3.05) is 6.54 Å². The Balaban J connectivity index is 1.72. The van der Waals surface area contributed by atoms with E-state index in [1.165, 1.54) is 36.4 Å².